The zero-order chi connectivity index (χ0) is 12.3. The van der Waals surface area contributed by atoms with E-state index in [0.717, 1.165) is 42.7 Å². The van der Waals surface area contributed by atoms with Gasteiger partial charge in [0, 0.05) is 5.54 Å². The number of nitrogens with zero attached hydrogens (tertiary/aromatic N) is 1. The van der Waals surface area contributed by atoms with E-state index in [1.165, 1.54) is 6.42 Å². The highest BCUT2D eigenvalue weighted by atomic mass is 16.5. The van der Waals surface area contributed by atoms with Crippen LogP contribution in [0.1, 0.15) is 37.7 Å². The van der Waals surface area contributed by atoms with Crippen LogP contribution in [0.5, 0.6) is 11.5 Å². The summed E-state index contributed by atoms with van der Waals surface area (Å²) in [4.78, 5) is 4.11. The number of hydrogen-bond acceptors (Lipinski definition) is 4. The second-order valence-corrected chi connectivity index (χ2v) is 4.64. The SMILES string of the molecule is COc1cncc(OC)c1C1(N)CCCCC1. The van der Waals surface area contributed by atoms with Crippen molar-refractivity contribution in [2.75, 3.05) is 14.2 Å². The molecule has 0 aromatic carbocycles. The summed E-state index contributed by atoms with van der Waals surface area (Å²) in [5.74, 6) is 1.46. The van der Waals surface area contributed by atoms with Gasteiger partial charge in [0.05, 0.1) is 32.2 Å². The number of nitrogens with two attached hydrogens (primary N) is 1. The molecule has 0 amide bonds. The molecule has 0 spiro atoms. The fourth-order valence-electron chi connectivity index (χ4n) is 2.66. The van der Waals surface area contributed by atoms with Gasteiger partial charge in [0.15, 0.2) is 0 Å². The number of pyridine rings is 1. The zero-order valence-electron chi connectivity index (χ0n) is 10.5. The number of rotatable bonds is 3. The fraction of sp³-hybridized carbons (Fsp3) is 0.615. The molecule has 94 valence electrons. The minimum atomic E-state index is -0.335. The van der Waals surface area contributed by atoms with E-state index in [1.807, 2.05) is 0 Å². The van der Waals surface area contributed by atoms with Gasteiger partial charge in [-0.15, -0.1) is 0 Å². The molecule has 0 unspecified atom stereocenters. The normalized spacial score (nSPS) is 18.8. The van der Waals surface area contributed by atoms with Crippen LogP contribution in [-0.4, -0.2) is 19.2 Å². The Balaban J connectivity index is 2.47. The van der Waals surface area contributed by atoms with Gasteiger partial charge in [-0.1, -0.05) is 19.3 Å². The lowest BCUT2D eigenvalue weighted by Gasteiger charge is -2.35. The van der Waals surface area contributed by atoms with Crippen LogP contribution in [0.3, 0.4) is 0 Å². The molecule has 1 heterocycles. The molecule has 0 atom stereocenters. The van der Waals surface area contributed by atoms with Crippen molar-refractivity contribution >= 4 is 0 Å². The van der Waals surface area contributed by atoms with Crippen molar-refractivity contribution < 1.29 is 9.47 Å². The first-order valence-electron chi connectivity index (χ1n) is 6.06. The molecule has 0 radical (unpaired) electrons. The summed E-state index contributed by atoms with van der Waals surface area (Å²) in [6.45, 7) is 0. The largest absolute Gasteiger partial charge is 0.495 e. The van der Waals surface area contributed by atoms with Crippen LogP contribution in [0.4, 0.5) is 0 Å². The average Bonchev–Trinajstić information content (AvgIpc) is 2.38. The van der Waals surface area contributed by atoms with Gasteiger partial charge in [0.25, 0.3) is 0 Å². The van der Waals surface area contributed by atoms with Gasteiger partial charge in [-0.05, 0) is 12.8 Å². The van der Waals surface area contributed by atoms with Gasteiger partial charge in [-0.2, -0.15) is 0 Å². The van der Waals surface area contributed by atoms with Crippen LogP contribution in [0.25, 0.3) is 0 Å². The summed E-state index contributed by atoms with van der Waals surface area (Å²) in [6, 6.07) is 0. The van der Waals surface area contributed by atoms with Crippen molar-refractivity contribution in [1.29, 1.82) is 0 Å². The molecule has 1 fully saturated rings. The molecule has 0 bridgehead atoms. The van der Waals surface area contributed by atoms with Crippen molar-refractivity contribution in [3.05, 3.63) is 18.0 Å². The van der Waals surface area contributed by atoms with Crippen LogP contribution in [0.2, 0.25) is 0 Å². The lowest BCUT2D eigenvalue weighted by Crippen LogP contribution is -2.39. The predicted octanol–water partition coefficient (Wildman–Crippen LogP) is 2.22. The molecular weight excluding hydrogens is 216 g/mol. The third kappa shape index (κ3) is 2.22. The Hall–Kier alpha value is -1.29. The Labute approximate surface area is 102 Å². The zero-order valence-corrected chi connectivity index (χ0v) is 10.5. The van der Waals surface area contributed by atoms with Gasteiger partial charge < -0.3 is 15.2 Å². The Morgan fingerprint density at radius 1 is 1.06 bits per heavy atom. The van der Waals surface area contributed by atoms with E-state index in [-0.39, 0.29) is 5.54 Å². The Bertz CT molecular complexity index is 365. The Kier molecular flexibility index (Phi) is 3.52. The van der Waals surface area contributed by atoms with Crippen molar-refractivity contribution in [1.82, 2.24) is 4.98 Å². The van der Waals surface area contributed by atoms with Gasteiger partial charge in [0.1, 0.15) is 11.5 Å². The van der Waals surface area contributed by atoms with Crippen LogP contribution < -0.4 is 15.2 Å². The quantitative estimate of drug-likeness (QED) is 0.874. The summed E-state index contributed by atoms with van der Waals surface area (Å²) < 4.78 is 10.8. The summed E-state index contributed by atoms with van der Waals surface area (Å²) >= 11 is 0. The van der Waals surface area contributed by atoms with Gasteiger partial charge in [-0.25, -0.2) is 0 Å². The highest BCUT2D eigenvalue weighted by Gasteiger charge is 2.35. The van der Waals surface area contributed by atoms with Gasteiger partial charge >= 0.3 is 0 Å². The van der Waals surface area contributed by atoms with E-state index < -0.39 is 0 Å². The average molecular weight is 236 g/mol. The minimum absolute atomic E-state index is 0.335. The first-order chi connectivity index (χ1) is 8.21. The lowest BCUT2D eigenvalue weighted by molar-refractivity contribution is 0.274. The summed E-state index contributed by atoms with van der Waals surface area (Å²) in [5, 5.41) is 0. The number of aromatic nitrogens is 1. The molecule has 1 aliphatic rings. The Morgan fingerprint density at radius 3 is 2.06 bits per heavy atom. The molecule has 4 heteroatoms. The molecule has 0 aliphatic heterocycles. The van der Waals surface area contributed by atoms with E-state index in [0.29, 0.717) is 0 Å². The van der Waals surface area contributed by atoms with Crippen molar-refractivity contribution in [2.24, 2.45) is 5.73 Å². The van der Waals surface area contributed by atoms with E-state index in [9.17, 15) is 0 Å². The molecule has 1 aromatic heterocycles. The number of hydrogen-bond donors (Lipinski definition) is 1. The highest BCUT2D eigenvalue weighted by Crippen LogP contribution is 2.43. The molecule has 1 saturated carbocycles. The molecule has 4 nitrogen and oxygen atoms in total. The minimum Gasteiger partial charge on any atom is -0.495 e. The van der Waals surface area contributed by atoms with Crippen molar-refractivity contribution in [2.45, 2.75) is 37.6 Å². The maximum absolute atomic E-state index is 6.55. The lowest BCUT2D eigenvalue weighted by atomic mass is 9.77. The van der Waals surface area contributed by atoms with Crippen LogP contribution in [0.15, 0.2) is 12.4 Å². The van der Waals surface area contributed by atoms with Crippen LogP contribution in [0, 0.1) is 0 Å². The summed E-state index contributed by atoms with van der Waals surface area (Å²) in [6.07, 6.45) is 8.94. The molecule has 1 aromatic rings. The van der Waals surface area contributed by atoms with Crippen LogP contribution in [-0.2, 0) is 5.54 Å². The molecular formula is C13H20N2O2. The topological polar surface area (TPSA) is 57.4 Å². The second-order valence-electron chi connectivity index (χ2n) is 4.64. The standard InChI is InChI=1S/C13H20N2O2/c1-16-10-8-15-9-11(17-2)12(10)13(14)6-4-3-5-7-13/h8-9H,3-7,14H2,1-2H3. The van der Waals surface area contributed by atoms with Gasteiger partial charge in [-0.3, -0.25) is 4.98 Å². The third-order valence-electron chi connectivity index (χ3n) is 3.56. The van der Waals surface area contributed by atoms with E-state index in [2.05, 4.69) is 4.98 Å². The summed E-state index contributed by atoms with van der Waals surface area (Å²) in [7, 11) is 3.29. The maximum atomic E-state index is 6.55. The van der Waals surface area contributed by atoms with E-state index >= 15 is 0 Å². The van der Waals surface area contributed by atoms with E-state index in [1.54, 1.807) is 26.6 Å². The van der Waals surface area contributed by atoms with Crippen molar-refractivity contribution in [3.8, 4) is 11.5 Å². The summed E-state index contributed by atoms with van der Waals surface area (Å²) in [5.41, 5.74) is 7.18. The first kappa shape index (κ1) is 12.2. The maximum Gasteiger partial charge on any atom is 0.145 e. The third-order valence-corrected chi connectivity index (χ3v) is 3.56. The first-order valence-corrected chi connectivity index (χ1v) is 6.06. The highest BCUT2D eigenvalue weighted by molar-refractivity contribution is 5.47. The molecule has 1 aliphatic carbocycles. The number of ether oxygens (including phenoxy) is 2. The molecule has 2 N–H and O–H groups in total. The number of methoxy groups -OCH3 is 2. The van der Waals surface area contributed by atoms with Crippen molar-refractivity contribution in [3.63, 3.8) is 0 Å². The molecule has 0 saturated heterocycles. The Morgan fingerprint density at radius 2 is 1.59 bits per heavy atom. The monoisotopic (exact) mass is 236 g/mol. The predicted molar refractivity (Wildman–Crippen MR) is 66.3 cm³/mol. The van der Waals surface area contributed by atoms with Crippen LogP contribution >= 0.6 is 0 Å². The molecule has 2 rings (SSSR count). The van der Waals surface area contributed by atoms with Gasteiger partial charge in [0.2, 0.25) is 0 Å². The second kappa shape index (κ2) is 4.92. The fourth-order valence-corrected chi connectivity index (χ4v) is 2.66. The smallest absolute Gasteiger partial charge is 0.145 e. The molecule has 17 heavy (non-hydrogen) atoms. The van der Waals surface area contributed by atoms with E-state index in [4.69, 9.17) is 15.2 Å².